The molecule has 1 aliphatic carbocycles. The number of anilines is 1. The largest absolute Gasteiger partial charge is 0.388 e. The Morgan fingerprint density at radius 2 is 1.97 bits per heavy atom. The Kier molecular flexibility index (Phi) is 6.70. The zero-order valence-corrected chi connectivity index (χ0v) is 21.8. The fraction of sp³-hybridized carbons (Fsp3) is 0.440. The SMILES string of the molecule is C#Cc1cc2cnc(NC3CCN(S(=O)(=O)c4ccc(Cl)nc4)CC3)nc2n([C@@H]2CCC[C@@]2(C)O)c1=O. The van der Waals surface area contributed by atoms with Gasteiger partial charge in [0.15, 0.2) is 0 Å². The van der Waals surface area contributed by atoms with Gasteiger partial charge in [-0.25, -0.2) is 18.4 Å². The predicted molar refractivity (Wildman–Crippen MR) is 140 cm³/mol. The summed E-state index contributed by atoms with van der Waals surface area (Å²) in [5, 5.41) is 15.1. The van der Waals surface area contributed by atoms with Gasteiger partial charge in [0.2, 0.25) is 16.0 Å². The summed E-state index contributed by atoms with van der Waals surface area (Å²) in [7, 11) is -3.67. The van der Waals surface area contributed by atoms with Gasteiger partial charge in [-0.05, 0) is 57.2 Å². The normalized spacial score (nSPS) is 23.2. The summed E-state index contributed by atoms with van der Waals surface area (Å²) in [4.78, 5) is 26.3. The van der Waals surface area contributed by atoms with E-state index < -0.39 is 21.7 Å². The van der Waals surface area contributed by atoms with Crippen LogP contribution < -0.4 is 10.9 Å². The van der Waals surface area contributed by atoms with Crippen LogP contribution in [0.4, 0.5) is 5.95 Å². The number of aliphatic hydroxyl groups is 1. The second kappa shape index (κ2) is 9.68. The van der Waals surface area contributed by atoms with Gasteiger partial charge in [0.25, 0.3) is 5.56 Å². The highest BCUT2D eigenvalue weighted by Gasteiger charge is 2.40. The molecule has 2 N–H and O–H groups in total. The second-order valence-electron chi connectivity index (χ2n) is 9.75. The van der Waals surface area contributed by atoms with E-state index in [4.69, 9.17) is 18.0 Å². The third-order valence-electron chi connectivity index (χ3n) is 7.24. The lowest BCUT2D eigenvalue weighted by molar-refractivity contribution is 0.0266. The molecule has 1 aliphatic heterocycles. The van der Waals surface area contributed by atoms with Crippen molar-refractivity contribution in [2.75, 3.05) is 18.4 Å². The maximum atomic E-state index is 13.2. The molecule has 1 saturated carbocycles. The molecule has 2 aliphatic rings. The number of hydrogen-bond acceptors (Lipinski definition) is 8. The fourth-order valence-corrected chi connectivity index (χ4v) is 6.73. The quantitative estimate of drug-likeness (QED) is 0.371. The molecule has 37 heavy (non-hydrogen) atoms. The summed E-state index contributed by atoms with van der Waals surface area (Å²) >= 11 is 5.78. The van der Waals surface area contributed by atoms with Gasteiger partial charge in [0.1, 0.15) is 15.7 Å². The van der Waals surface area contributed by atoms with E-state index >= 15 is 0 Å². The molecule has 5 rings (SSSR count). The Hall–Kier alpha value is -3.04. The number of nitrogens with one attached hydrogen (secondary N) is 1. The maximum Gasteiger partial charge on any atom is 0.268 e. The fourth-order valence-electron chi connectivity index (χ4n) is 5.21. The number of halogens is 1. The molecule has 4 heterocycles. The molecule has 0 spiro atoms. The Morgan fingerprint density at radius 3 is 2.59 bits per heavy atom. The summed E-state index contributed by atoms with van der Waals surface area (Å²) in [5.74, 6) is 2.77. The molecule has 3 aromatic rings. The molecule has 2 atom stereocenters. The van der Waals surface area contributed by atoms with Crippen molar-refractivity contribution >= 4 is 38.6 Å². The first-order valence-corrected chi connectivity index (χ1v) is 13.9. The van der Waals surface area contributed by atoms with Crippen molar-refractivity contribution in [2.24, 2.45) is 0 Å². The van der Waals surface area contributed by atoms with Gasteiger partial charge in [0, 0.05) is 36.9 Å². The third-order valence-corrected chi connectivity index (χ3v) is 9.35. The summed E-state index contributed by atoms with van der Waals surface area (Å²) in [6, 6.07) is 3.99. The molecule has 0 aromatic carbocycles. The monoisotopic (exact) mass is 542 g/mol. The van der Waals surface area contributed by atoms with E-state index in [0.717, 1.165) is 6.42 Å². The van der Waals surface area contributed by atoms with Crippen molar-refractivity contribution in [3.63, 3.8) is 0 Å². The molecule has 0 amide bonds. The Labute approximate surface area is 219 Å². The van der Waals surface area contributed by atoms with Crippen molar-refractivity contribution < 1.29 is 13.5 Å². The van der Waals surface area contributed by atoms with Crippen molar-refractivity contribution in [1.82, 2.24) is 23.8 Å². The summed E-state index contributed by atoms with van der Waals surface area (Å²) in [6.07, 6.45) is 11.5. The number of terminal acetylenes is 1. The number of aromatic nitrogens is 4. The first-order chi connectivity index (χ1) is 17.6. The molecule has 3 aromatic heterocycles. The van der Waals surface area contributed by atoms with Crippen molar-refractivity contribution in [2.45, 2.75) is 61.6 Å². The maximum absolute atomic E-state index is 13.2. The molecule has 194 valence electrons. The molecule has 12 heteroatoms. The molecule has 0 radical (unpaired) electrons. The van der Waals surface area contributed by atoms with E-state index in [9.17, 15) is 18.3 Å². The van der Waals surface area contributed by atoms with Gasteiger partial charge >= 0.3 is 0 Å². The minimum Gasteiger partial charge on any atom is -0.388 e. The number of piperidine rings is 1. The zero-order valence-electron chi connectivity index (χ0n) is 20.3. The van der Waals surface area contributed by atoms with Crippen LogP contribution in [-0.4, -0.2) is 62.1 Å². The highest BCUT2D eigenvalue weighted by Crippen LogP contribution is 2.39. The van der Waals surface area contributed by atoms with E-state index in [1.165, 1.54) is 27.2 Å². The summed E-state index contributed by atoms with van der Waals surface area (Å²) in [6.45, 7) is 2.36. The van der Waals surface area contributed by atoms with Crippen LogP contribution in [0.5, 0.6) is 0 Å². The van der Waals surface area contributed by atoms with E-state index in [1.54, 1.807) is 19.2 Å². The average Bonchev–Trinajstić information content (AvgIpc) is 3.22. The number of pyridine rings is 2. The van der Waals surface area contributed by atoms with Gasteiger partial charge in [0.05, 0.1) is 17.2 Å². The van der Waals surface area contributed by atoms with Crippen LogP contribution in [0.15, 0.2) is 40.3 Å². The lowest BCUT2D eigenvalue weighted by Gasteiger charge is -2.31. The summed E-state index contributed by atoms with van der Waals surface area (Å²) < 4.78 is 28.8. The lowest BCUT2D eigenvalue weighted by Crippen LogP contribution is -2.42. The molecule has 0 unspecified atom stereocenters. The number of hydrogen-bond donors (Lipinski definition) is 2. The molecular weight excluding hydrogens is 516 g/mol. The Balaban J connectivity index is 1.38. The lowest BCUT2D eigenvalue weighted by atomic mass is 9.99. The first-order valence-electron chi connectivity index (χ1n) is 12.1. The van der Waals surface area contributed by atoms with Crippen molar-refractivity contribution in [3.8, 4) is 12.3 Å². The van der Waals surface area contributed by atoms with Gasteiger partial charge in [-0.2, -0.15) is 9.29 Å². The van der Waals surface area contributed by atoms with E-state index in [0.29, 0.717) is 55.8 Å². The van der Waals surface area contributed by atoms with Crippen LogP contribution in [0.2, 0.25) is 5.15 Å². The highest BCUT2D eigenvalue weighted by atomic mass is 35.5. The van der Waals surface area contributed by atoms with Gasteiger partial charge in [-0.1, -0.05) is 17.5 Å². The van der Waals surface area contributed by atoms with Crippen LogP contribution in [0, 0.1) is 12.3 Å². The van der Waals surface area contributed by atoms with Gasteiger partial charge in [-0.3, -0.25) is 9.36 Å². The molecular formula is C25H27ClN6O4S. The number of sulfonamides is 1. The van der Waals surface area contributed by atoms with Crippen LogP contribution in [0.1, 0.15) is 50.6 Å². The minimum atomic E-state index is -3.67. The number of fused-ring (bicyclic) bond motifs is 1. The second-order valence-corrected chi connectivity index (χ2v) is 12.1. The predicted octanol–water partition coefficient (Wildman–Crippen LogP) is 2.56. The average molecular weight is 543 g/mol. The van der Waals surface area contributed by atoms with Crippen LogP contribution in [0.25, 0.3) is 11.0 Å². The molecule has 0 bridgehead atoms. The van der Waals surface area contributed by atoms with Crippen LogP contribution in [0.3, 0.4) is 0 Å². The Bertz CT molecular complexity index is 1540. The van der Waals surface area contributed by atoms with E-state index in [1.807, 2.05) is 0 Å². The Morgan fingerprint density at radius 1 is 1.22 bits per heavy atom. The third kappa shape index (κ3) is 4.82. The topological polar surface area (TPSA) is 130 Å². The summed E-state index contributed by atoms with van der Waals surface area (Å²) in [5.41, 5.74) is -0.810. The van der Waals surface area contributed by atoms with Gasteiger partial charge in [-0.15, -0.1) is 6.42 Å². The standard InChI is InChI=1S/C25H27ClN6O4S/c1-3-16-13-17-14-28-24(30-22(17)32(23(16)33)20-5-4-10-25(20,2)34)29-18-8-11-31(12-9-18)37(35,36)19-6-7-21(26)27-15-19/h1,6-7,13-15,18,20,34H,4-5,8-12H2,2H3,(H,28,29,30)/t20-,25-/m1/s1. The van der Waals surface area contributed by atoms with Gasteiger partial charge < -0.3 is 10.4 Å². The van der Waals surface area contributed by atoms with Crippen LogP contribution >= 0.6 is 11.6 Å². The van der Waals surface area contributed by atoms with E-state index in [2.05, 4.69) is 26.2 Å². The smallest absolute Gasteiger partial charge is 0.268 e. The molecule has 2 fully saturated rings. The first kappa shape index (κ1) is 25.6. The van der Waals surface area contributed by atoms with Crippen molar-refractivity contribution in [1.29, 1.82) is 0 Å². The number of nitrogens with zero attached hydrogens (tertiary/aromatic N) is 5. The van der Waals surface area contributed by atoms with E-state index in [-0.39, 0.29) is 27.2 Å². The number of rotatable bonds is 5. The zero-order chi connectivity index (χ0) is 26.4. The highest BCUT2D eigenvalue weighted by molar-refractivity contribution is 7.89. The minimum absolute atomic E-state index is 0.0630. The molecule has 1 saturated heterocycles. The van der Waals surface area contributed by atoms with Crippen molar-refractivity contribution in [3.05, 3.63) is 51.7 Å². The molecule has 10 nitrogen and oxygen atoms in total. The van der Waals surface area contributed by atoms with Crippen LogP contribution in [-0.2, 0) is 10.0 Å².